The highest BCUT2D eigenvalue weighted by Crippen LogP contribution is 2.31. The van der Waals surface area contributed by atoms with Crippen LogP contribution in [0.3, 0.4) is 0 Å². The molecule has 0 amide bonds. The standard InChI is InChI=1S/C19H24N4O3S2/c1-13(2)7-10-22-17(24)15-5-3-4-6-16(15)23-18(22)20-21-19(23)27-14-8-11-28(25,26)12-9-14/h3-6,13-14H,7-12H2,1-2H3. The van der Waals surface area contributed by atoms with Gasteiger partial charge in [0.15, 0.2) is 5.16 Å². The molecule has 4 rings (SSSR count). The van der Waals surface area contributed by atoms with Gasteiger partial charge in [-0.15, -0.1) is 10.2 Å². The fourth-order valence-electron chi connectivity index (χ4n) is 3.53. The Bertz CT molecular complexity index is 1170. The minimum Gasteiger partial charge on any atom is -0.276 e. The zero-order valence-corrected chi connectivity index (χ0v) is 17.7. The van der Waals surface area contributed by atoms with Gasteiger partial charge < -0.3 is 0 Å². The van der Waals surface area contributed by atoms with Crippen molar-refractivity contribution in [2.24, 2.45) is 5.92 Å². The van der Waals surface area contributed by atoms with E-state index in [2.05, 4.69) is 24.0 Å². The number of sulfone groups is 1. The molecule has 0 atom stereocenters. The first-order valence-electron chi connectivity index (χ1n) is 9.59. The second kappa shape index (κ2) is 7.51. The lowest BCUT2D eigenvalue weighted by Crippen LogP contribution is -2.25. The molecule has 7 nitrogen and oxygen atoms in total. The molecule has 2 aromatic heterocycles. The second-order valence-electron chi connectivity index (χ2n) is 7.74. The van der Waals surface area contributed by atoms with Gasteiger partial charge in [-0.25, -0.2) is 8.42 Å². The van der Waals surface area contributed by atoms with Gasteiger partial charge in [-0.05, 0) is 37.3 Å². The highest BCUT2D eigenvalue weighted by atomic mass is 32.2. The second-order valence-corrected chi connectivity index (χ2v) is 11.3. The summed E-state index contributed by atoms with van der Waals surface area (Å²) < 4.78 is 27.1. The lowest BCUT2D eigenvalue weighted by Gasteiger charge is -2.20. The summed E-state index contributed by atoms with van der Waals surface area (Å²) in [5.41, 5.74) is 0.746. The van der Waals surface area contributed by atoms with Gasteiger partial charge >= 0.3 is 0 Å². The van der Waals surface area contributed by atoms with E-state index in [1.807, 2.05) is 28.7 Å². The predicted octanol–water partition coefficient (Wildman–Crippen LogP) is 2.76. The number of hydrogen-bond donors (Lipinski definition) is 0. The average molecular weight is 421 g/mol. The molecule has 150 valence electrons. The molecule has 0 N–H and O–H groups in total. The van der Waals surface area contributed by atoms with E-state index in [1.165, 1.54) is 0 Å². The summed E-state index contributed by atoms with van der Waals surface area (Å²) in [5.74, 6) is 1.47. The first-order valence-corrected chi connectivity index (χ1v) is 12.3. The van der Waals surface area contributed by atoms with Crippen LogP contribution in [-0.4, -0.2) is 44.3 Å². The third-order valence-electron chi connectivity index (χ3n) is 5.18. The SMILES string of the molecule is CC(C)CCn1c(=O)c2ccccc2n2c(SC3CCS(=O)(=O)CC3)nnc12. The van der Waals surface area contributed by atoms with Gasteiger partial charge in [0.25, 0.3) is 5.56 Å². The Morgan fingerprint density at radius 3 is 2.61 bits per heavy atom. The van der Waals surface area contributed by atoms with Crippen LogP contribution in [0.4, 0.5) is 0 Å². The Hall–Kier alpha value is -1.87. The van der Waals surface area contributed by atoms with Crippen LogP contribution in [-0.2, 0) is 16.4 Å². The summed E-state index contributed by atoms with van der Waals surface area (Å²) in [5, 5.41) is 10.3. The molecule has 0 bridgehead atoms. The van der Waals surface area contributed by atoms with Gasteiger partial charge in [-0.1, -0.05) is 37.7 Å². The highest BCUT2D eigenvalue weighted by molar-refractivity contribution is 8.00. The highest BCUT2D eigenvalue weighted by Gasteiger charge is 2.26. The number of hydrogen-bond acceptors (Lipinski definition) is 6. The lowest BCUT2D eigenvalue weighted by molar-refractivity contribution is 0.512. The Morgan fingerprint density at radius 1 is 1.18 bits per heavy atom. The van der Waals surface area contributed by atoms with Crippen LogP contribution in [0.1, 0.15) is 33.1 Å². The molecule has 3 aromatic rings. The molecular weight excluding hydrogens is 396 g/mol. The van der Waals surface area contributed by atoms with Crippen LogP contribution in [0.2, 0.25) is 0 Å². The molecule has 1 saturated heterocycles. The Labute approximate surface area is 168 Å². The normalized spacial score (nSPS) is 17.7. The maximum atomic E-state index is 13.0. The molecule has 0 radical (unpaired) electrons. The molecule has 3 heterocycles. The molecule has 1 aliphatic heterocycles. The van der Waals surface area contributed by atoms with E-state index in [9.17, 15) is 13.2 Å². The van der Waals surface area contributed by atoms with Gasteiger partial charge in [0.1, 0.15) is 9.84 Å². The summed E-state index contributed by atoms with van der Waals surface area (Å²) in [4.78, 5) is 13.0. The predicted molar refractivity (Wildman–Crippen MR) is 112 cm³/mol. The summed E-state index contributed by atoms with van der Waals surface area (Å²) in [7, 11) is -2.90. The number of para-hydroxylation sites is 1. The molecule has 1 aromatic carbocycles. The third-order valence-corrected chi connectivity index (χ3v) is 8.18. The number of benzene rings is 1. The topological polar surface area (TPSA) is 86.3 Å². The van der Waals surface area contributed by atoms with Crippen LogP contribution in [0.15, 0.2) is 34.2 Å². The monoisotopic (exact) mass is 420 g/mol. The van der Waals surface area contributed by atoms with Gasteiger partial charge in [0.05, 0.1) is 22.4 Å². The van der Waals surface area contributed by atoms with Crippen molar-refractivity contribution < 1.29 is 8.42 Å². The third kappa shape index (κ3) is 3.69. The number of fused-ring (bicyclic) bond motifs is 3. The first-order chi connectivity index (χ1) is 13.4. The summed E-state index contributed by atoms with van der Waals surface area (Å²) in [6.07, 6.45) is 2.11. The van der Waals surface area contributed by atoms with E-state index in [0.29, 0.717) is 41.6 Å². The van der Waals surface area contributed by atoms with E-state index in [1.54, 1.807) is 16.3 Å². The number of aromatic nitrogens is 4. The maximum Gasteiger partial charge on any atom is 0.262 e. The number of thioether (sulfide) groups is 1. The lowest BCUT2D eigenvalue weighted by atomic mass is 10.1. The molecule has 28 heavy (non-hydrogen) atoms. The van der Waals surface area contributed by atoms with Gasteiger partial charge in [0.2, 0.25) is 5.78 Å². The molecule has 0 aliphatic carbocycles. The molecule has 0 saturated carbocycles. The van der Waals surface area contributed by atoms with E-state index >= 15 is 0 Å². The van der Waals surface area contributed by atoms with E-state index in [0.717, 1.165) is 11.9 Å². The first kappa shape index (κ1) is 19.4. The zero-order valence-electron chi connectivity index (χ0n) is 16.0. The van der Waals surface area contributed by atoms with Crippen molar-refractivity contribution in [3.05, 3.63) is 34.6 Å². The minimum absolute atomic E-state index is 0.0449. The molecule has 0 unspecified atom stereocenters. The quantitative estimate of drug-likeness (QED) is 0.631. The van der Waals surface area contributed by atoms with Crippen LogP contribution >= 0.6 is 11.8 Å². The van der Waals surface area contributed by atoms with Crippen molar-refractivity contribution in [1.29, 1.82) is 0 Å². The van der Waals surface area contributed by atoms with E-state index < -0.39 is 9.84 Å². The molecule has 1 fully saturated rings. The molecule has 9 heteroatoms. The van der Waals surface area contributed by atoms with Gasteiger partial charge in [-0.2, -0.15) is 0 Å². The van der Waals surface area contributed by atoms with E-state index in [4.69, 9.17) is 0 Å². The van der Waals surface area contributed by atoms with Crippen molar-refractivity contribution in [2.45, 2.75) is 50.1 Å². The summed E-state index contributed by atoms with van der Waals surface area (Å²) in [6.45, 7) is 4.85. The van der Waals surface area contributed by atoms with Crippen LogP contribution in [0.5, 0.6) is 0 Å². The number of aryl methyl sites for hydroxylation is 1. The van der Waals surface area contributed by atoms with Crippen molar-refractivity contribution in [1.82, 2.24) is 19.2 Å². The largest absolute Gasteiger partial charge is 0.276 e. The van der Waals surface area contributed by atoms with Gasteiger partial charge in [-0.3, -0.25) is 13.8 Å². The molecule has 1 aliphatic rings. The minimum atomic E-state index is -2.90. The smallest absolute Gasteiger partial charge is 0.262 e. The summed E-state index contributed by atoms with van der Waals surface area (Å²) in [6, 6.07) is 7.52. The fourth-order valence-corrected chi connectivity index (χ4v) is 6.47. The van der Waals surface area contributed by atoms with Crippen molar-refractivity contribution in [3.8, 4) is 0 Å². The summed E-state index contributed by atoms with van der Waals surface area (Å²) >= 11 is 1.56. The maximum absolute atomic E-state index is 13.0. The van der Waals surface area contributed by atoms with Gasteiger partial charge in [0, 0.05) is 11.8 Å². The average Bonchev–Trinajstić information content (AvgIpc) is 3.07. The fraction of sp³-hybridized carbons (Fsp3) is 0.526. The zero-order chi connectivity index (χ0) is 19.9. The Balaban J connectivity index is 1.80. The molecular formula is C19H24N4O3S2. The van der Waals surface area contributed by atoms with E-state index in [-0.39, 0.29) is 22.3 Å². The number of rotatable bonds is 5. The van der Waals surface area contributed by atoms with Crippen molar-refractivity contribution in [2.75, 3.05) is 11.5 Å². The Kier molecular flexibility index (Phi) is 5.22. The van der Waals surface area contributed by atoms with Crippen LogP contribution < -0.4 is 5.56 Å². The van der Waals surface area contributed by atoms with Crippen molar-refractivity contribution >= 4 is 38.3 Å². The Morgan fingerprint density at radius 2 is 1.89 bits per heavy atom. The van der Waals surface area contributed by atoms with Crippen LogP contribution in [0, 0.1) is 5.92 Å². The molecule has 0 spiro atoms. The number of nitrogens with zero attached hydrogens (tertiary/aromatic N) is 4. The van der Waals surface area contributed by atoms with Crippen molar-refractivity contribution in [3.63, 3.8) is 0 Å². The van der Waals surface area contributed by atoms with Crippen LogP contribution in [0.25, 0.3) is 16.7 Å².